The van der Waals surface area contributed by atoms with Crippen LogP contribution in [0.15, 0.2) is 65.0 Å². The zero-order valence-electron chi connectivity index (χ0n) is 18.7. The molecular weight excluding hydrogens is 508 g/mol. The standard InChI is InChI=1S/C23H22N4O5S3/c1-32-12-11-27-18-9-5-6-10-19(18)34-23(27)26-21(29)15-35(30,31)14-20(28)25-22-24-17(13-33-22)16-7-3-2-4-8-16/h2-10,13H,11-12,14-15H2,1H3,(H,24,25,28). The highest BCUT2D eigenvalue weighted by molar-refractivity contribution is 7.92. The fourth-order valence-electron chi connectivity index (χ4n) is 3.31. The normalized spacial score (nSPS) is 12.2. The van der Waals surface area contributed by atoms with Crippen molar-refractivity contribution in [3.05, 3.63) is 64.8 Å². The second kappa shape index (κ2) is 11.0. The van der Waals surface area contributed by atoms with Gasteiger partial charge in [-0.1, -0.05) is 53.8 Å². The van der Waals surface area contributed by atoms with Crippen molar-refractivity contribution < 1.29 is 22.7 Å². The molecule has 0 saturated heterocycles. The number of amides is 2. The number of aromatic nitrogens is 2. The van der Waals surface area contributed by atoms with Gasteiger partial charge in [0.1, 0.15) is 11.5 Å². The lowest BCUT2D eigenvalue weighted by molar-refractivity contribution is -0.115. The van der Waals surface area contributed by atoms with Gasteiger partial charge in [-0.05, 0) is 12.1 Å². The van der Waals surface area contributed by atoms with Crippen LogP contribution in [-0.2, 0) is 30.7 Å². The summed E-state index contributed by atoms with van der Waals surface area (Å²) in [6, 6.07) is 16.9. The summed E-state index contributed by atoms with van der Waals surface area (Å²) < 4.78 is 32.9. The van der Waals surface area contributed by atoms with Gasteiger partial charge in [-0.25, -0.2) is 13.4 Å². The first-order chi connectivity index (χ1) is 16.8. The molecule has 12 heteroatoms. The van der Waals surface area contributed by atoms with Crippen molar-refractivity contribution in [1.82, 2.24) is 9.55 Å². The third kappa shape index (κ3) is 6.48. The number of anilines is 1. The molecule has 9 nitrogen and oxygen atoms in total. The maximum Gasteiger partial charge on any atom is 0.263 e. The molecule has 2 amide bonds. The van der Waals surface area contributed by atoms with Crippen LogP contribution in [0, 0.1) is 0 Å². The molecular formula is C23H22N4O5S3. The van der Waals surface area contributed by atoms with Gasteiger partial charge >= 0.3 is 0 Å². The molecule has 4 rings (SSSR count). The Bertz CT molecular complexity index is 1520. The predicted molar refractivity (Wildman–Crippen MR) is 137 cm³/mol. The van der Waals surface area contributed by atoms with E-state index in [0.717, 1.165) is 15.8 Å². The fourth-order valence-corrected chi connectivity index (χ4v) is 6.13. The van der Waals surface area contributed by atoms with E-state index >= 15 is 0 Å². The van der Waals surface area contributed by atoms with Gasteiger partial charge in [0.25, 0.3) is 5.91 Å². The minimum atomic E-state index is -4.03. The van der Waals surface area contributed by atoms with E-state index in [1.807, 2.05) is 59.2 Å². The Morgan fingerprint density at radius 3 is 2.60 bits per heavy atom. The van der Waals surface area contributed by atoms with Gasteiger partial charge in [-0.15, -0.1) is 11.3 Å². The number of rotatable bonds is 9. The monoisotopic (exact) mass is 530 g/mol. The van der Waals surface area contributed by atoms with Crippen LogP contribution in [0.1, 0.15) is 0 Å². The van der Waals surface area contributed by atoms with E-state index in [1.165, 1.54) is 22.7 Å². The van der Waals surface area contributed by atoms with Crippen molar-refractivity contribution in [1.29, 1.82) is 0 Å². The van der Waals surface area contributed by atoms with Crippen LogP contribution >= 0.6 is 22.7 Å². The molecule has 182 valence electrons. The molecule has 2 heterocycles. The molecule has 4 aromatic rings. The van der Waals surface area contributed by atoms with Crippen LogP contribution in [-0.4, -0.2) is 55.0 Å². The molecule has 0 radical (unpaired) electrons. The summed E-state index contributed by atoms with van der Waals surface area (Å²) in [5, 5.41) is 4.54. The Morgan fingerprint density at radius 1 is 1.09 bits per heavy atom. The first kappa shape index (κ1) is 24.9. The number of benzene rings is 2. The second-order valence-corrected chi connectivity index (χ2v) is 11.4. The number of ether oxygens (including phenoxy) is 1. The molecule has 0 aliphatic rings. The summed E-state index contributed by atoms with van der Waals surface area (Å²) in [4.78, 5) is 33.6. The molecule has 0 spiro atoms. The number of nitrogens with one attached hydrogen (secondary N) is 1. The number of sulfone groups is 1. The summed E-state index contributed by atoms with van der Waals surface area (Å²) in [7, 11) is -2.46. The topological polar surface area (TPSA) is 120 Å². The van der Waals surface area contributed by atoms with Crippen LogP contribution < -0.4 is 10.1 Å². The SMILES string of the molecule is COCCn1c(=NC(=O)CS(=O)(=O)CC(=O)Nc2nc(-c3ccccc3)cs2)sc2ccccc21. The first-order valence-corrected chi connectivity index (χ1v) is 14.0. The van der Waals surface area contributed by atoms with E-state index in [4.69, 9.17) is 4.74 Å². The number of hydrogen-bond donors (Lipinski definition) is 1. The van der Waals surface area contributed by atoms with Crippen molar-refractivity contribution in [3.63, 3.8) is 0 Å². The summed E-state index contributed by atoms with van der Waals surface area (Å²) >= 11 is 2.47. The molecule has 0 fully saturated rings. The number of methoxy groups -OCH3 is 1. The fraction of sp³-hybridized carbons (Fsp3) is 0.217. The van der Waals surface area contributed by atoms with Crippen LogP contribution in [0.5, 0.6) is 0 Å². The number of carbonyl (C=O) groups excluding carboxylic acids is 2. The molecule has 0 atom stereocenters. The van der Waals surface area contributed by atoms with E-state index in [0.29, 0.717) is 23.6 Å². The second-order valence-electron chi connectivity index (χ2n) is 7.49. The number of nitrogens with zero attached hydrogens (tertiary/aromatic N) is 3. The van der Waals surface area contributed by atoms with Gasteiger partial charge in [-0.3, -0.25) is 9.59 Å². The minimum absolute atomic E-state index is 0.282. The predicted octanol–water partition coefficient (Wildman–Crippen LogP) is 2.95. The van der Waals surface area contributed by atoms with Crippen molar-refractivity contribution in [2.24, 2.45) is 4.99 Å². The van der Waals surface area contributed by atoms with E-state index in [2.05, 4.69) is 15.3 Å². The van der Waals surface area contributed by atoms with Gasteiger partial charge < -0.3 is 14.6 Å². The van der Waals surface area contributed by atoms with Crippen molar-refractivity contribution in [2.45, 2.75) is 6.54 Å². The average molecular weight is 531 g/mol. The Labute approximate surface area is 209 Å². The van der Waals surface area contributed by atoms with Crippen LogP contribution in [0.25, 0.3) is 21.5 Å². The summed E-state index contributed by atoms with van der Waals surface area (Å²) in [5.41, 5.74) is 2.43. The molecule has 0 aliphatic carbocycles. The lowest BCUT2D eigenvalue weighted by Crippen LogP contribution is -2.28. The highest BCUT2D eigenvalue weighted by Gasteiger charge is 2.22. The van der Waals surface area contributed by atoms with E-state index in [1.54, 1.807) is 12.5 Å². The number of hydrogen-bond acceptors (Lipinski definition) is 8. The van der Waals surface area contributed by atoms with Crippen LogP contribution in [0.3, 0.4) is 0 Å². The summed E-state index contributed by atoms with van der Waals surface area (Å²) in [6.07, 6.45) is 0. The number of para-hydroxylation sites is 1. The molecule has 2 aromatic carbocycles. The Kier molecular flexibility index (Phi) is 7.86. The van der Waals surface area contributed by atoms with E-state index < -0.39 is 33.2 Å². The van der Waals surface area contributed by atoms with Crippen LogP contribution in [0.4, 0.5) is 5.13 Å². The molecule has 35 heavy (non-hydrogen) atoms. The number of thiazole rings is 2. The molecule has 0 saturated carbocycles. The summed E-state index contributed by atoms with van der Waals surface area (Å²) in [5.74, 6) is -3.31. The Balaban J connectivity index is 1.43. The minimum Gasteiger partial charge on any atom is -0.383 e. The molecule has 2 aromatic heterocycles. The van der Waals surface area contributed by atoms with E-state index in [9.17, 15) is 18.0 Å². The molecule has 0 bridgehead atoms. The van der Waals surface area contributed by atoms with Gasteiger partial charge in [0.05, 0.1) is 22.5 Å². The summed E-state index contributed by atoms with van der Waals surface area (Å²) in [6.45, 7) is 0.865. The zero-order valence-corrected chi connectivity index (χ0v) is 21.2. The number of fused-ring (bicyclic) bond motifs is 1. The lowest BCUT2D eigenvalue weighted by Gasteiger charge is -2.04. The maximum atomic E-state index is 12.5. The first-order valence-electron chi connectivity index (χ1n) is 10.5. The van der Waals surface area contributed by atoms with Crippen molar-refractivity contribution in [2.75, 3.05) is 30.5 Å². The van der Waals surface area contributed by atoms with Gasteiger partial charge in [0.2, 0.25) is 5.91 Å². The van der Waals surface area contributed by atoms with Gasteiger partial charge in [-0.2, -0.15) is 4.99 Å². The Hall–Kier alpha value is -3.19. The van der Waals surface area contributed by atoms with E-state index in [-0.39, 0.29) is 5.13 Å². The van der Waals surface area contributed by atoms with Crippen molar-refractivity contribution >= 4 is 59.7 Å². The average Bonchev–Trinajstić information content (AvgIpc) is 3.41. The van der Waals surface area contributed by atoms with Crippen molar-refractivity contribution in [3.8, 4) is 11.3 Å². The third-order valence-corrected chi connectivity index (χ3v) is 8.05. The Morgan fingerprint density at radius 2 is 1.83 bits per heavy atom. The zero-order chi connectivity index (χ0) is 24.8. The largest absolute Gasteiger partial charge is 0.383 e. The smallest absolute Gasteiger partial charge is 0.263 e. The van der Waals surface area contributed by atoms with Gasteiger partial charge in [0.15, 0.2) is 19.8 Å². The van der Waals surface area contributed by atoms with Gasteiger partial charge in [0, 0.05) is 24.6 Å². The highest BCUT2D eigenvalue weighted by atomic mass is 32.2. The lowest BCUT2D eigenvalue weighted by atomic mass is 10.2. The quantitative estimate of drug-likeness (QED) is 0.355. The highest BCUT2D eigenvalue weighted by Crippen LogP contribution is 2.24. The molecule has 0 aliphatic heterocycles. The third-order valence-electron chi connectivity index (χ3n) is 4.84. The molecule has 1 N–H and O–H groups in total. The maximum absolute atomic E-state index is 12.5. The number of carbonyl (C=O) groups is 2. The molecule has 0 unspecified atom stereocenters. The van der Waals surface area contributed by atoms with Crippen LogP contribution in [0.2, 0.25) is 0 Å².